The minimum Gasteiger partial charge on any atom is -0.293 e. The van der Waals surface area contributed by atoms with E-state index in [4.69, 9.17) is 0 Å². The van der Waals surface area contributed by atoms with E-state index in [0.29, 0.717) is 5.75 Å². The zero-order chi connectivity index (χ0) is 15.4. The van der Waals surface area contributed by atoms with E-state index in [1.165, 1.54) is 23.3 Å². The lowest BCUT2D eigenvalue weighted by Gasteiger charge is -1.99. The van der Waals surface area contributed by atoms with E-state index in [-0.39, 0.29) is 5.78 Å². The third-order valence-electron chi connectivity index (χ3n) is 3.22. The van der Waals surface area contributed by atoms with Crippen LogP contribution in [-0.2, 0) is 0 Å². The number of thioether (sulfide) groups is 1. The van der Waals surface area contributed by atoms with Crippen LogP contribution in [0.3, 0.4) is 0 Å². The van der Waals surface area contributed by atoms with E-state index in [1.54, 1.807) is 0 Å². The van der Waals surface area contributed by atoms with Gasteiger partial charge in [0.1, 0.15) is 0 Å². The van der Waals surface area contributed by atoms with Crippen LogP contribution in [0.2, 0.25) is 0 Å². The molecule has 0 fully saturated rings. The Hall–Kier alpha value is -1.98. The van der Waals surface area contributed by atoms with Gasteiger partial charge in [0.15, 0.2) is 15.9 Å². The highest BCUT2D eigenvalue weighted by molar-refractivity contribution is 8.01. The quantitative estimate of drug-likeness (QED) is 0.512. The molecule has 110 valence electrons. The van der Waals surface area contributed by atoms with Crippen molar-refractivity contribution in [2.45, 2.75) is 11.3 Å². The predicted molar refractivity (Wildman–Crippen MR) is 91.6 cm³/mol. The van der Waals surface area contributed by atoms with Gasteiger partial charge >= 0.3 is 0 Å². The fourth-order valence-electron chi connectivity index (χ4n) is 2.04. The summed E-state index contributed by atoms with van der Waals surface area (Å²) in [5, 5.41) is 0. The van der Waals surface area contributed by atoms with E-state index < -0.39 is 0 Å². The van der Waals surface area contributed by atoms with Crippen LogP contribution < -0.4 is 0 Å². The highest BCUT2D eigenvalue weighted by atomic mass is 32.2. The number of aryl methyl sites for hydroxylation is 1. The van der Waals surface area contributed by atoms with Crippen LogP contribution in [0.15, 0.2) is 58.9 Å². The lowest BCUT2D eigenvalue weighted by Crippen LogP contribution is -2.01. The number of benzene rings is 2. The smallest absolute Gasteiger partial charge is 0.174 e. The molecule has 2 aromatic carbocycles. The number of hydrogen-bond acceptors (Lipinski definition) is 5. The van der Waals surface area contributed by atoms with Gasteiger partial charge in [-0.25, -0.2) is 4.98 Å². The van der Waals surface area contributed by atoms with Crippen molar-refractivity contribution in [1.29, 1.82) is 0 Å². The minimum atomic E-state index is 0.109. The van der Waals surface area contributed by atoms with Gasteiger partial charge in [-0.3, -0.25) is 4.79 Å². The molecule has 1 heterocycles. The summed E-state index contributed by atoms with van der Waals surface area (Å²) in [4.78, 5) is 16.6. The average Bonchev–Trinajstić information content (AvgIpc) is 3.02. The second-order valence-corrected chi connectivity index (χ2v) is 6.75. The lowest BCUT2D eigenvalue weighted by molar-refractivity contribution is 0.102. The monoisotopic (exact) mass is 326 g/mol. The van der Waals surface area contributed by atoms with Gasteiger partial charge in [0.25, 0.3) is 0 Å². The van der Waals surface area contributed by atoms with E-state index in [0.717, 1.165) is 26.9 Å². The van der Waals surface area contributed by atoms with E-state index >= 15 is 0 Å². The molecular formula is C17H14N2OS2. The maximum absolute atomic E-state index is 12.1. The van der Waals surface area contributed by atoms with Gasteiger partial charge in [0, 0.05) is 11.1 Å². The molecule has 0 radical (unpaired) electrons. The van der Waals surface area contributed by atoms with Crippen LogP contribution in [0.5, 0.6) is 0 Å². The minimum absolute atomic E-state index is 0.109. The van der Waals surface area contributed by atoms with Crippen molar-refractivity contribution in [2.24, 2.45) is 0 Å². The lowest BCUT2D eigenvalue weighted by atomic mass is 10.1. The topological polar surface area (TPSA) is 42.9 Å². The molecule has 0 aliphatic rings. The molecule has 0 N–H and O–H groups in total. The molecule has 22 heavy (non-hydrogen) atoms. The summed E-state index contributed by atoms with van der Waals surface area (Å²) < 4.78 is 5.22. The molecular weight excluding hydrogens is 312 g/mol. The van der Waals surface area contributed by atoms with Gasteiger partial charge in [-0.05, 0) is 24.0 Å². The fourth-order valence-corrected chi connectivity index (χ4v) is 3.54. The van der Waals surface area contributed by atoms with Crippen molar-refractivity contribution < 1.29 is 4.79 Å². The summed E-state index contributed by atoms with van der Waals surface area (Å²) in [5.74, 6) is 1.22. The Morgan fingerprint density at radius 2 is 1.82 bits per heavy atom. The molecule has 3 nitrogen and oxygen atoms in total. The Morgan fingerprint density at radius 1 is 1.09 bits per heavy atom. The van der Waals surface area contributed by atoms with Gasteiger partial charge in [0.2, 0.25) is 0 Å². The molecule has 0 spiro atoms. The number of carbonyl (C=O) groups excluding carboxylic acids is 1. The molecule has 5 heteroatoms. The zero-order valence-corrected chi connectivity index (χ0v) is 13.7. The van der Waals surface area contributed by atoms with Crippen molar-refractivity contribution in [2.75, 3.05) is 5.75 Å². The van der Waals surface area contributed by atoms with Crippen molar-refractivity contribution in [3.05, 3.63) is 65.7 Å². The summed E-state index contributed by atoms with van der Waals surface area (Å²) in [5.41, 5.74) is 2.93. The molecule has 0 amide bonds. The average molecular weight is 326 g/mol. The summed E-state index contributed by atoms with van der Waals surface area (Å²) in [6.07, 6.45) is 0. The normalized spacial score (nSPS) is 10.6. The van der Waals surface area contributed by atoms with Crippen molar-refractivity contribution in [3.63, 3.8) is 0 Å². The molecule has 0 aliphatic heterocycles. The van der Waals surface area contributed by atoms with E-state index in [1.807, 2.05) is 61.5 Å². The Kier molecular flexibility index (Phi) is 4.65. The van der Waals surface area contributed by atoms with Crippen molar-refractivity contribution >= 4 is 29.1 Å². The van der Waals surface area contributed by atoms with Gasteiger partial charge in [-0.2, -0.15) is 4.37 Å². The number of ketones is 1. The first-order valence-corrected chi connectivity index (χ1v) is 8.61. The van der Waals surface area contributed by atoms with Crippen molar-refractivity contribution in [3.8, 4) is 11.4 Å². The van der Waals surface area contributed by atoms with Crippen LogP contribution >= 0.6 is 23.3 Å². The maximum atomic E-state index is 12.1. The zero-order valence-electron chi connectivity index (χ0n) is 12.0. The van der Waals surface area contributed by atoms with Gasteiger partial charge in [-0.1, -0.05) is 66.4 Å². The standard InChI is InChI=1S/C17H14N2OS2/c1-12-7-5-6-10-14(12)16-18-17(22-19-16)21-11-15(20)13-8-3-2-4-9-13/h2-10H,11H2,1H3. The largest absolute Gasteiger partial charge is 0.293 e. The molecule has 0 aliphatic carbocycles. The van der Waals surface area contributed by atoms with Gasteiger partial charge in [-0.15, -0.1) is 0 Å². The van der Waals surface area contributed by atoms with Crippen LogP contribution in [0, 0.1) is 6.92 Å². The first kappa shape index (κ1) is 14.9. The third kappa shape index (κ3) is 3.43. The molecule has 3 aromatic rings. The number of hydrogen-bond donors (Lipinski definition) is 0. The third-order valence-corrected chi connectivity index (χ3v) is 5.05. The Balaban J connectivity index is 1.68. The van der Waals surface area contributed by atoms with Crippen LogP contribution in [0.1, 0.15) is 15.9 Å². The number of carbonyl (C=O) groups is 1. The van der Waals surface area contributed by atoms with Gasteiger partial charge < -0.3 is 0 Å². The van der Waals surface area contributed by atoms with Crippen molar-refractivity contribution in [1.82, 2.24) is 9.36 Å². The van der Waals surface area contributed by atoms with Crippen LogP contribution in [0.25, 0.3) is 11.4 Å². The van der Waals surface area contributed by atoms with Crippen LogP contribution in [0.4, 0.5) is 0 Å². The van der Waals surface area contributed by atoms with Gasteiger partial charge in [0.05, 0.1) is 5.75 Å². The molecule has 0 unspecified atom stereocenters. The molecule has 0 saturated heterocycles. The number of Topliss-reactive ketones (excluding diaryl/α,β-unsaturated/α-hetero) is 1. The first-order chi connectivity index (χ1) is 10.7. The number of nitrogens with zero attached hydrogens (tertiary/aromatic N) is 2. The highest BCUT2D eigenvalue weighted by Crippen LogP contribution is 2.27. The molecule has 0 saturated carbocycles. The number of aromatic nitrogens is 2. The SMILES string of the molecule is Cc1ccccc1-c1nsc(SCC(=O)c2ccccc2)n1. The Labute approximate surface area is 137 Å². The highest BCUT2D eigenvalue weighted by Gasteiger charge is 2.11. The Morgan fingerprint density at radius 3 is 2.59 bits per heavy atom. The van der Waals surface area contributed by atoms with Crippen LogP contribution in [-0.4, -0.2) is 20.9 Å². The summed E-state index contributed by atoms with van der Waals surface area (Å²) in [6.45, 7) is 2.04. The molecule has 1 aromatic heterocycles. The predicted octanol–water partition coefficient (Wildman–Crippen LogP) is 4.49. The number of rotatable bonds is 5. The molecule has 3 rings (SSSR count). The Bertz CT molecular complexity index is 784. The summed E-state index contributed by atoms with van der Waals surface area (Å²) >= 11 is 2.78. The van der Waals surface area contributed by atoms with E-state index in [9.17, 15) is 4.79 Å². The second-order valence-electron chi connectivity index (χ2n) is 4.78. The first-order valence-electron chi connectivity index (χ1n) is 6.85. The maximum Gasteiger partial charge on any atom is 0.174 e. The van der Waals surface area contributed by atoms with E-state index in [2.05, 4.69) is 9.36 Å². The second kappa shape index (κ2) is 6.85. The fraction of sp³-hybridized carbons (Fsp3) is 0.118. The molecule has 0 bridgehead atoms. The summed E-state index contributed by atoms with van der Waals surface area (Å²) in [7, 11) is 0. The summed E-state index contributed by atoms with van der Waals surface area (Å²) in [6, 6.07) is 17.4. The molecule has 0 atom stereocenters.